The SMILES string of the molecule is Cc1c(C)c2c(c(C)c1NS(C)(=O)=O)C(c1ccc(C(C)C)cc1)CO2. The van der Waals surface area contributed by atoms with E-state index in [0.717, 1.165) is 28.0 Å². The monoisotopic (exact) mass is 373 g/mol. The lowest BCUT2D eigenvalue weighted by Crippen LogP contribution is -2.14. The third kappa shape index (κ3) is 3.32. The second-order valence-electron chi connectivity index (χ2n) is 7.55. The van der Waals surface area contributed by atoms with Crippen LogP contribution < -0.4 is 9.46 Å². The van der Waals surface area contributed by atoms with E-state index >= 15 is 0 Å². The molecule has 0 amide bonds. The smallest absolute Gasteiger partial charge is 0.229 e. The van der Waals surface area contributed by atoms with E-state index in [0.29, 0.717) is 18.2 Å². The molecule has 1 aliphatic rings. The molecule has 1 heterocycles. The fourth-order valence-corrected chi connectivity index (χ4v) is 4.39. The van der Waals surface area contributed by atoms with E-state index in [9.17, 15) is 8.42 Å². The van der Waals surface area contributed by atoms with E-state index in [1.165, 1.54) is 17.4 Å². The maximum Gasteiger partial charge on any atom is 0.229 e. The summed E-state index contributed by atoms with van der Waals surface area (Å²) in [7, 11) is -3.34. The van der Waals surface area contributed by atoms with Crippen LogP contribution in [0.2, 0.25) is 0 Å². The molecule has 1 unspecified atom stereocenters. The standard InChI is InChI=1S/C21H27NO3S/c1-12(2)16-7-9-17(10-8-16)18-11-25-21-14(4)13(3)20(15(5)19(18)21)22-26(6,23)24/h7-10,12,18,22H,11H2,1-6H3. The van der Waals surface area contributed by atoms with Crippen LogP contribution in [0.25, 0.3) is 0 Å². The first-order valence-corrected chi connectivity index (χ1v) is 10.8. The molecule has 0 saturated heterocycles. The molecule has 5 heteroatoms. The third-order valence-corrected chi connectivity index (χ3v) is 5.91. The normalized spacial score (nSPS) is 16.5. The molecule has 0 saturated carbocycles. The van der Waals surface area contributed by atoms with Crippen molar-refractivity contribution in [3.05, 3.63) is 57.6 Å². The van der Waals surface area contributed by atoms with Crippen molar-refractivity contribution in [3.8, 4) is 5.75 Å². The van der Waals surface area contributed by atoms with Crippen LogP contribution in [0.5, 0.6) is 5.75 Å². The highest BCUT2D eigenvalue weighted by atomic mass is 32.2. The minimum atomic E-state index is -3.34. The second-order valence-corrected chi connectivity index (χ2v) is 9.30. The van der Waals surface area contributed by atoms with Crippen molar-refractivity contribution in [1.29, 1.82) is 0 Å². The van der Waals surface area contributed by atoms with Crippen molar-refractivity contribution in [3.63, 3.8) is 0 Å². The van der Waals surface area contributed by atoms with Gasteiger partial charge in [0.1, 0.15) is 5.75 Å². The highest BCUT2D eigenvalue weighted by molar-refractivity contribution is 7.92. The molecule has 0 fully saturated rings. The van der Waals surface area contributed by atoms with Crippen LogP contribution in [0.1, 0.15) is 59.1 Å². The van der Waals surface area contributed by atoms with Crippen molar-refractivity contribution in [2.24, 2.45) is 0 Å². The zero-order chi connectivity index (χ0) is 19.2. The number of benzene rings is 2. The molecule has 4 nitrogen and oxygen atoms in total. The molecule has 0 aliphatic carbocycles. The van der Waals surface area contributed by atoms with Gasteiger partial charge in [0.05, 0.1) is 18.6 Å². The number of hydrogen-bond donors (Lipinski definition) is 1. The summed E-state index contributed by atoms with van der Waals surface area (Å²) in [6.45, 7) is 10.9. The predicted octanol–water partition coefficient (Wildman–Crippen LogP) is 4.63. The van der Waals surface area contributed by atoms with Gasteiger partial charge in [0.15, 0.2) is 0 Å². The minimum Gasteiger partial charge on any atom is -0.492 e. The van der Waals surface area contributed by atoms with Crippen molar-refractivity contribution < 1.29 is 13.2 Å². The Kier molecular flexibility index (Phi) is 4.78. The Hall–Kier alpha value is -2.01. The first kappa shape index (κ1) is 18.8. The van der Waals surface area contributed by atoms with Gasteiger partial charge < -0.3 is 4.74 Å². The number of ether oxygens (including phenoxy) is 1. The Bertz CT molecular complexity index is 944. The lowest BCUT2D eigenvalue weighted by molar-refractivity contribution is 0.341. The highest BCUT2D eigenvalue weighted by Gasteiger charge is 2.32. The summed E-state index contributed by atoms with van der Waals surface area (Å²) in [4.78, 5) is 0. The maximum absolute atomic E-state index is 11.8. The molecule has 0 bridgehead atoms. The Labute approximate surface area is 156 Å². The Morgan fingerprint density at radius 3 is 2.19 bits per heavy atom. The van der Waals surface area contributed by atoms with Gasteiger partial charge in [-0.3, -0.25) is 4.72 Å². The van der Waals surface area contributed by atoms with Gasteiger partial charge >= 0.3 is 0 Å². The average molecular weight is 374 g/mol. The summed E-state index contributed by atoms with van der Waals surface area (Å²) in [5, 5.41) is 0. The molecular formula is C21H27NO3S. The van der Waals surface area contributed by atoms with E-state index < -0.39 is 10.0 Å². The van der Waals surface area contributed by atoms with Crippen LogP contribution in [0, 0.1) is 20.8 Å². The van der Waals surface area contributed by atoms with E-state index in [-0.39, 0.29) is 5.92 Å². The average Bonchev–Trinajstić information content (AvgIpc) is 3.01. The van der Waals surface area contributed by atoms with Crippen LogP contribution in [-0.2, 0) is 10.0 Å². The van der Waals surface area contributed by atoms with Gasteiger partial charge in [-0.2, -0.15) is 0 Å². The number of sulfonamides is 1. The van der Waals surface area contributed by atoms with Crippen molar-refractivity contribution >= 4 is 15.7 Å². The largest absolute Gasteiger partial charge is 0.492 e. The molecule has 0 radical (unpaired) electrons. The number of fused-ring (bicyclic) bond motifs is 1. The first-order valence-electron chi connectivity index (χ1n) is 8.94. The summed E-state index contributed by atoms with van der Waals surface area (Å²) in [5.74, 6) is 1.51. The molecule has 1 atom stereocenters. The molecule has 2 aromatic carbocycles. The third-order valence-electron chi connectivity index (χ3n) is 5.34. The molecule has 1 aliphatic heterocycles. The van der Waals surface area contributed by atoms with Crippen LogP contribution in [0.4, 0.5) is 5.69 Å². The minimum absolute atomic E-state index is 0.116. The Balaban J connectivity index is 2.12. The number of anilines is 1. The summed E-state index contributed by atoms with van der Waals surface area (Å²) in [5.41, 5.74) is 7.15. The zero-order valence-corrected chi connectivity index (χ0v) is 17.1. The summed E-state index contributed by atoms with van der Waals surface area (Å²) < 4.78 is 32.4. The van der Waals surface area contributed by atoms with Gasteiger partial charge in [0.25, 0.3) is 0 Å². The van der Waals surface area contributed by atoms with Gasteiger partial charge in [-0.05, 0) is 54.5 Å². The summed E-state index contributed by atoms with van der Waals surface area (Å²) in [6, 6.07) is 8.67. The Morgan fingerprint density at radius 2 is 1.65 bits per heavy atom. The van der Waals surface area contributed by atoms with Gasteiger partial charge in [0, 0.05) is 11.5 Å². The zero-order valence-electron chi connectivity index (χ0n) is 16.3. The maximum atomic E-state index is 11.8. The van der Waals surface area contributed by atoms with Gasteiger partial charge in [-0.1, -0.05) is 38.1 Å². The van der Waals surface area contributed by atoms with Crippen LogP contribution in [0.15, 0.2) is 24.3 Å². The van der Waals surface area contributed by atoms with Crippen molar-refractivity contribution in [1.82, 2.24) is 0 Å². The van der Waals surface area contributed by atoms with E-state index in [1.54, 1.807) is 0 Å². The molecule has 0 spiro atoms. The lowest BCUT2D eigenvalue weighted by atomic mass is 9.86. The molecule has 0 aromatic heterocycles. The van der Waals surface area contributed by atoms with E-state index in [2.05, 4.69) is 42.8 Å². The molecule has 2 aromatic rings. The molecule has 26 heavy (non-hydrogen) atoms. The van der Waals surface area contributed by atoms with Crippen LogP contribution in [-0.4, -0.2) is 21.3 Å². The molecule has 3 rings (SSSR count). The Morgan fingerprint density at radius 1 is 1.04 bits per heavy atom. The summed E-state index contributed by atoms with van der Waals surface area (Å²) in [6.07, 6.45) is 1.19. The highest BCUT2D eigenvalue weighted by Crippen LogP contribution is 2.47. The van der Waals surface area contributed by atoms with Gasteiger partial charge in [0.2, 0.25) is 10.0 Å². The predicted molar refractivity (Wildman–Crippen MR) is 107 cm³/mol. The fraction of sp³-hybridized carbons (Fsp3) is 0.429. The van der Waals surface area contributed by atoms with Crippen molar-refractivity contribution in [2.45, 2.75) is 46.5 Å². The van der Waals surface area contributed by atoms with Gasteiger partial charge in [-0.25, -0.2) is 8.42 Å². The molecule has 1 N–H and O–H groups in total. The van der Waals surface area contributed by atoms with Crippen LogP contribution >= 0.6 is 0 Å². The topological polar surface area (TPSA) is 55.4 Å². The molecule has 140 valence electrons. The molecular weight excluding hydrogens is 346 g/mol. The number of rotatable bonds is 4. The number of nitrogens with one attached hydrogen (secondary N) is 1. The van der Waals surface area contributed by atoms with Crippen LogP contribution in [0.3, 0.4) is 0 Å². The van der Waals surface area contributed by atoms with E-state index in [1.807, 2.05) is 20.8 Å². The van der Waals surface area contributed by atoms with Gasteiger partial charge in [-0.15, -0.1) is 0 Å². The summed E-state index contributed by atoms with van der Waals surface area (Å²) >= 11 is 0. The number of hydrogen-bond acceptors (Lipinski definition) is 3. The fourth-order valence-electron chi connectivity index (χ4n) is 3.72. The van der Waals surface area contributed by atoms with Crippen molar-refractivity contribution in [2.75, 3.05) is 17.6 Å². The lowest BCUT2D eigenvalue weighted by Gasteiger charge is -2.20. The first-order chi connectivity index (χ1) is 12.1. The van der Waals surface area contributed by atoms with E-state index in [4.69, 9.17) is 4.74 Å². The second kappa shape index (κ2) is 6.62. The quantitative estimate of drug-likeness (QED) is 0.850.